The van der Waals surface area contributed by atoms with Crippen molar-refractivity contribution in [1.29, 1.82) is 0 Å². The monoisotopic (exact) mass is 311 g/mol. The van der Waals surface area contributed by atoms with E-state index in [9.17, 15) is 14.9 Å². The molecule has 1 aromatic heterocycles. The van der Waals surface area contributed by atoms with E-state index in [1.54, 1.807) is 4.90 Å². The van der Waals surface area contributed by atoms with Gasteiger partial charge in [-0.1, -0.05) is 25.4 Å². The first-order chi connectivity index (χ1) is 9.90. The smallest absolute Gasteiger partial charge is 0.288 e. The molecule has 2 rings (SSSR count). The zero-order valence-electron chi connectivity index (χ0n) is 12.1. The summed E-state index contributed by atoms with van der Waals surface area (Å²) in [5.41, 5.74) is -0.108. The van der Waals surface area contributed by atoms with Gasteiger partial charge >= 0.3 is 0 Å². The van der Waals surface area contributed by atoms with Gasteiger partial charge in [0.05, 0.1) is 10.5 Å². The van der Waals surface area contributed by atoms with Crippen molar-refractivity contribution >= 4 is 23.2 Å². The van der Waals surface area contributed by atoms with Gasteiger partial charge in [-0.3, -0.25) is 14.9 Å². The van der Waals surface area contributed by atoms with E-state index in [1.165, 1.54) is 6.07 Å². The second kappa shape index (κ2) is 6.39. The largest absolute Gasteiger partial charge is 0.336 e. The Morgan fingerprint density at radius 2 is 2.24 bits per heavy atom. The Labute approximate surface area is 128 Å². The first-order valence-electron chi connectivity index (χ1n) is 7.01. The summed E-state index contributed by atoms with van der Waals surface area (Å²) in [5.74, 6) is 0.220. The lowest BCUT2D eigenvalue weighted by atomic mass is 10.1. The molecule has 1 aliphatic carbocycles. The molecular formula is C14H18ClN3O3. The van der Waals surface area contributed by atoms with Crippen LogP contribution in [-0.2, 0) is 0 Å². The highest BCUT2D eigenvalue weighted by atomic mass is 35.5. The third kappa shape index (κ3) is 3.91. The molecule has 0 N–H and O–H groups in total. The lowest BCUT2D eigenvalue weighted by Crippen LogP contribution is -2.35. The fourth-order valence-corrected chi connectivity index (χ4v) is 2.26. The third-order valence-electron chi connectivity index (χ3n) is 3.46. The molecule has 21 heavy (non-hydrogen) atoms. The highest BCUT2D eigenvalue weighted by Gasteiger charge is 2.34. The van der Waals surface area contributed by atoms with Crippen molar-refractivity contribution in [2.75, 3.05) is 6.54 Å². The van der Waals surface area contributed by atoms with Crippen molar-refractivity contribution in [2.45, 2.75) is 39.2 Å². The molecule has 0 bridgehead atoms. The molecule has 0 atom stereocenters. The minimum atomic E-state index is -0.574. The Kier molecular flexibility index (Phi) is 4.77. The number of hydrogen-bond donors (Lipinski definition) is 0. The zero-order chi connectivity index (χ0) is 15.6. The second-order valence-corrected chi connectivity index (χ2v) is 6.06. The maximum Gasteiger partial charge on any atom is 0.288 e. The Balaban J connectivity index is 2.23. The van der Waals surface area contributed by atoms with Crippen molar-refractivity contribution in [3.8, 4) is 0 Å². The van der Waals surface area contributed by atoms with Crippen molar-refractivity contribution < 1.29 is 9.72 Å². The average molecular weight is 312 g/mol. The Morgan fingerprint density at radius 3 is 2.76 bits per heavy atom. The van der Waals surface area contributed by atoms with E-state index in [1.807, 2.05) is 0 Å². The summed E-state index contributed by atoms with van der Waals surface area (Å²) < 4.78 is 0. The van der Waals surface area contributed by atoms with E-state index in [4.69, 9.17) is 11.6 Å². The van der Waals surface area contributed by atoms with Crippen molar-refractivity contribution in [2.24, 2.45) is 5.92 Å². The molecule has 114 valence electrons. The van der Waals surface area contributed by atoms with E-state index < -0.39 is 4.92 Å². The van der Waals surface area contributed by atoms with E-state index in [2.05, 4.69) is 18.8 Å². The van der Waals surface area contributed by atoms with Crippen molar-refractivity contribution in [3.63, 3.8) is 0 Å². The predicted molar refractivity (Wildman–Crippen MR) is 79.4 cm³/mol. The van der Waals surface area contributed by atoms with Gasteiger partial charge in [-0.25, -0.2) is 4.98 Å². The van der Waals surface area contributed by atoms with Crippen molar-refractivity contribution in [3.05, 3.63) is 33.1 Å². The maximum atomic E-state index is 12.6. The van der Waals surface area contributed by atoms with Gasteiger partial charge in [0.15, 0.2) is 0 Å². The quantitative estimate of drug-likeness (QED) is 0.459. The average Bonchev–Trinajstić information content (AvgIpc) is 3.23. The normalized spacial score (nSPS) is 14.3. The topological polar surface area (TPSA) is 76.3 Å². The van der Waals surface area contributed by atoms with Crippen LogP contribution in [0, 0.1) is 16.0 Å². The van der Waals surface area contributed by atoms with Gasteiger partial charge in [0.25, 0.3) is 11.6 Å². The van der Waals surface area contributed by atoms with Gasteiger partial charge in [0.1, 0.15) is 11.3 Å². The first-order valence-corrected chi connectivity index (χ1v) is 7.39. The lowest BCUT2D eigenvalue weighted by Gasteiger charge is -2.23. The minimum absolute atomic E-state index is 0.0146. The molecule has 6 nitrogen and oxygen atoms in total. The van der Waals surface area contributed by atoms with Gasteiger partial charge in [-0.2, -0.15) is 0 Å². The number of carbonyl (C=O) groups is 1. The molecule has 0 saturated heterocycles. The van der Waals surface area contributed by atoms with Crippen LogP contribution < -0.4 is 0 Å². The second-order valence-electron chi connectivity index (χ2n) is 5.70. The van der Waals surface area contributed by atoms with Crippen LogP contribution in [0.15, 0.2) is 12.3 Å². The molecule has 0 radical (unpaired) electrons. The first kappa shape index (κ1) is 15.7. The molecule has 7 heteroatoms. The van der Waals surface area contributed by atoms with Crippen LogP contribution in [0.4, 0.5) is 5.69 Å². The van der Waals surface area contributed by atoms with Gasteiger partial charge in [0, 0.05) is 18.7 Å². The van der Waals surface area contributed by atoms with E-state index in [0.717, 1.165) is 25.5 Å². The van der Waals surface area contributed by atoms with Gasteiger partial charge in [-0.05, 0) is 25.2 Å². The number of hydrogen-bond acceptors (Lipinski definition) is 4. The molecule has 0 spiro atoms. The summed E-state index contributed by atoms with van der Waals surface area (Å²) in [6, 6.07) is 1.44. The van der Waals surface area contributed by atoms with Crippen LogP contribution in [0.1, 0.15) is 43.5 Å². The van der Waals surface area contributed by atoms with Crippen LogP contribution in [0.25, 0.3) is 0 Å². The highest BCUT2D eigenvalue weighted by Crippen LogP contribution is 2.30. The lowest BCUT2D eigenvalue weighted by molar-refractivity contribution is -0.385. The van der Waals surface area contributed by atoms with Crippen LogP contribution in [-0.4, -0.2) is 33.3 Å². The molecule has 0 unspecified atom stereocenters. The standard InChI is InChI=1S/C14H18ClN3O3/c1-9(2)5-6-17(10-3-4-10)14(19)12-7-11(18(20)21)8-16-13(12)15/h7-10H,3-6H2,1-2H3. The zero-order valence-corrected chi connectivity index (χ0v) is 12.8. The third-order valence-corrected chi connectivity index (χ3v) is 3.76. The molecule has 1 aliphatic rings. The molecule has 1 fully saturated rings. The SMILES string of the molecule is CC(C)CCN(C(=O)c1cc([N+](=O)[O-])cnc1Cl)C1CC1. The molecule has 1 amide bonds. The summed E-state index contributed by atoms with van der Waals surface area (Å²) in [5, 5.41) is 10.8. The molecule has 1 aromatic rings. The number of rotatable bonds is 6. The number of amides is 1. The summed E-state index contributed by atoms with van der Waals surface area (Å²) in [6.07, 6.45) is 3.91. The molecule has 0 aromatic carbocycles. The number of carbonyl (C=O) groups excluding carboxylic acids is 1. The Morgan fingerprint density at radius 1 is 1.57 bits per heavy atom. The van der Waals surface area contributed by atoms with Gasteiger partial charge < -0.3 is 4.90 Å². The number of nitrogens with zero attached hydrogens (tertiary/aromatic N) is 3. The van der Waals surface area contributed by atoms with Gasteiger partial charge in [-0.15, -0.1) is 0 Å². The number of aromatic nitrogens is 1. The summed E-state index contributed by atoms with van der Waals surface area (Å²) in [4.78, 5) is 28.4. The van der Waals surface area contributed by atoms with E-state index in [0.29, 0.717) is 12.5 Å². The number of pyridine rings is 1. The Bertz CT molecular complexity index is 558. The summed E-state index contributed by atoms with van der Waals surface area (Å²) >= 11 is 5.95. The predicted octanol–water partition coefficient (Wildman–Crippen LogP) is 3.29. The Hall–Kier alpha value is -1.69. The minimum Gasteiger partial charge on any atom is -0.336 e. The molecule has 1 saturated carbocycles. The molecule has 1 heterocycles. The van der Waals surface area contributed by atoms with Crippen LogP contribution in [0.5, 0.6) is 0 Å². The van der Waals surface area contributed by atoms with Crippen LogP contribution >= 0.6 is 11.6 Å². The summed E-state index contributed by atoms with van der Waals surface area (Å²) in [6.45, 7) is 4.83. The highest BCUT2D eigenvalue weighted by molar-refractivity contribution is 6.32. The van der Waals surface area contributed by atoms with Crippen LogP contribution in [0.2, 0.25) is 5.15 Å². The van der Waals surface area contributed by atoms with E-state index in [-0.39, 0.29) is 28.4 Å². The molecule has 0 aliphatic heterocycles. The van der Waals surface area contributed by atoms with Gasteiger partial charge in [0.2, 0.25) is 0 Å². The fraction of sp³-hybridized carbons (Fsp3) is 0.571. The van der Waals surface area contributed by atoms with Crippen LogP contribution in [0.3, 0.4) is 0 Å². The number of halogens is 1. The van der Waals surface area contributed by atoms with Crippen molar-refractivity contribution in [1.82, 2.24) is 9.88 Å². The maximum absolute atomic E-state index is 12.6. The summed E-state index contributed by atoms with van der Waals surface area (Å²) in [7, 11) is 0. The van der Waals surface area contributed by atoms with E-state index >= 15 is 0 Å². The molecular weight excluding hydrogens is 294 g/mol. The fourth-order valence-electron chi connectivity index (χ4n) is 2.08. The number of nitro groups is 1.